The summed E-state index contributed by atoms with van der Waals surface area (Å²) in [6.07, 6.45) is 7.18. The van der Waals surface area contributed by atoms with Crippen LogP contribution in [0.25, 0.3) is 0 Å². The van der Waals surface area contributed by atoms with Crippen molar-refractivity contribution in [2.24, 2.45) is 5.41 Å². The lowest BCUT2D eigenvalue weighted by molar-refractivity contribution is -0.137. The zero-order chi connectivity index (χ0) is 46.3. The Bertz CT molecular complexity index is 2320. The molecule has 2 aromatic carbocycles. The second-order valence-corrected chi connectivity index (χ2v) is 17.8. The Labute approximate surface area is 403 Å². The van der Waals surface area contributed by atoms with Gasteiger partial charge in [-0.15, -0.1) is 23.7 Å². The number of ether oxygens (including phenoxy) is 4. The van der Waals surface area contributed by atoms with Gasteiger partial charge in [0.1, 0.15) is 11.9 Å². The van der Waals surface area contributed by atoms with Crippen molar-refractivity contribution in [2.75, 3.05) is 56.8 Å². The van der Waals surface area contributed by atoms with Crippen molar-refractivity contribution in [2.45, 2.75) is 89.3 Å². The van der Waals surface area contributed by atoms with Crippen molar-refractivity contribution in [1.82, 2.24) is 25.5 Å². The summed E-state index contributed by atoms with van der Waals surface area (Å²) in [5.74, 6) is -1.25. The number of nitrogens with one attached hydrogen (secondary N) is 4. The third kappa shape index (κ3) is 14.2. The molecule has 1 saturated carbocycles. The molecular weight excluding hydrogens is 929 g/mol. The molecule has 4 aromatic rings. The van der Waals surface area contributed by atoms with Crippen molar-refractivity contribution >= 4 is 81.5 Å². The van der Waals surface area contributed by atoms with Crippen molar-refractivity contribution in [3.63, 3.8) is 0 Å². The number of benzene rings is 2. The Morgan fingerprint density at radius 3 is 2.42 bits per heavy atom. The highest BCUT2D eigenvalue weighted by Gasteiger charge is 2.43. The smallest absolute Gasteiger partial charge is 0.255 e. The van der Waals surface area contributed by atoms with Crippen LogP contribution < -0.4 is 26.0 Å². The molecule has 20 heteroatoms. The molecule has 1 unspecified atom stereocenters. The summed E-state index contributed by atoms with van der Waals surface area (Å²) >= 11 is 7.46. The van der Waals surface area contributed by atoms with Crippen LogP contribution in [0.2, 0.25) is 5.02 Å². The minimum Gasteiger partial charge on any atom is -0.487 e. The lowest BCUT2D eigenvalue weighted by atomic mass is 9.69. The molecule has 2 aromatic heterocycles. The van der Waals surface area contributed by atoms with Crippen LogP contribution in [-0.4, -0.2) is 103 Å². The lowest BCUT2D eigenvalue weighted by Gasteiger charge is -2.39. The third-order valence-corrected chi connectivity index (χ3v) is 12.9. The van der Waals surface area contributed by atoms with Gasteiger partial charge in [0.25, 0.3) is 5.91 Å². The maximum atomic E-state index is 14.6. The maximum absolute atomic E-state index is 14.6. The van der Waals surface area contributed by atoms with Gasteiger partial charge < -0.3 is 39.8 Å². The number of fused-ring (bicyclic) bond motifs is 1. The Balaban J connectivity index is 0.00000741. The van der Waals surface area contributed by atoms with E-state index in [2.05, 4.69) is 26.3 Å². The first-order chi connectivity index (χ1) is 32.1. The van der Waals surface area contributed by atoms with Gasteiger partial charge in [0, 0.05) is 66.6 Å². The van der Waals surface area contributed by atoms with Crippen LogP contribution in [0.4, 0.5) is 21.0 Å². The van der Waals surface area contributed by atoms with E-state index < -0.39 is 23.2 Å². The zero-order valence-corrected chi connectivity index (χ0v) is 39.4. The molecule has 1 atom stereocenters. The Morgan fingerprint density at radius 1 is 0.910 bits per heavy atom. The summed E-state index contributed by atoms with van der Waals surface area (Å²) in [6.45, 7) is 2.91. The van der Waals surface area contributed by atoms with E-state index in [-0.39, 0.29) is 85.3 Å². The molecule has 0 radical (unpaired) electrons. The summed E-state index contributed by atoms with van der Waals surface area (Å²) < 4.78 is 37.6. The quantitative estimate of drug-likeness (QED) is 0.0408. The second-order valence-electron chi connectivity index (χ2n) is 16.5. The van der Waals surface area contributed by atoms with Gasteiger partial charge in [-0.05, 0) is 87.8 Å². The van der Waals surface area contributed by atoms with E-state index in [0.29, 0.717) is 94.3 Å². The molecule has 3 aliphatic rings. The summed E-state index contributed by atoms with van der Waals surface area (Å²) in [6, 6.07) is 14.8. The number of amides is 5. The highest BCUT2D eigenvalue weighted by atomic mass is 35.5. The predicted molar refractivity (Wildman–Crippen MR) is 252 cm³/mol. The highest BCUT2D eigenvalue weighted by Crippen LogP contribution is 2.41. The van der Waals surface area contributed by atoms with Crippen LogP contribution in [0, 0.1) is 11.2 Å². The number of carbonyl (C=O) groups is 5. The molecular formula is C47H56Cl2FN7O9S. The number of nitrogens with zero attached hydrogens (tertiary/aromatic N) is 3. The van der Waals surface area contributed by atoms with Crippen molar-refractivity contribution < 1.29 is 47.3 Å². The summed E-state index contributed by atoms with van der Waals surface area (Å²) in [4.78, 5) is 74.2. The van der Waals surface area contributed by atoms with Crippen molar-refractivity contribution in [3.05, 3.63) is 93.8 Å². The molecule has 2 aliphatic heterocycles. The number of thiazole rings is 1. The first-order valence-electron chi connectivity index (χ1n) is 22.4. The normalized spacial score (nSPS) is 19.0. The minimum atomic E-state index is -0.735. The molecule has 360 valence electrons. The number of halogens is 3. The van der Waals surface area contributed by atoms with Crippen LogP contribution in [0.15, 0.2) is 66.2 Å². The Hall–Kier alpha value is -5.24. The number of carbonyl (C=O) groups excluding carboxylic acids is 5. The molecule has 5 amide bonds. The van der Waals surface area contributed by atoms with E-state index in [0.717, 1.165) is 30.1 Å². The molecule has 7 rings (SSSR count). The lowest BCUT2D eigenvalue weighted by Crippen LogP contribution is -2.52. The van der Waals surface area contributed by atoms with Crippen LogP contribution in [0.5, 0.6) is 5.75 Å². The van der Waals surface area contributed by atoms with E-state index in [4.69, 9.17) is 35.5 Å². The number of hydrogen-bond acceptors (Lipinski definition) is 13. The first kappa shape index (κ1) is 51.2. The van der Waals surface area contributed by atoms with Gasteiger partial charge in [-0.1, -0.05) is 29.8 Å². The molecule has 4 N–H and O–H groups in total. The Morgan fingerprint density at radius 2 is 1.66 bits per heavy atom. The van der Waals surface area contributed by atoms with E-state index in [1.807, 2.05) is 23.6 Å². The number of unbranched alkanes of at least 4 members (excludes halogenated alkanes) is 2. The van der Waals surface area contributed by atoms with E-state index in [9.17, 15) is 28.4 Å². The number of piperidine rings is 1. The van der Waals surface area contributed by atoms with Gasteiger partial charge in [-0.2, -0.15) is 0 Å². The fourth-order valence-corrected chi connectivity index (χ4v) is 9.11. The second kappa shape index (κ2) is 25.2. The molecule has 2 fully saturated rings. The van der Waals surface area contributed by atoms with Gasteiger partial charge in [0.05, 0.1) is 56.0 Å². The highest BCUT2D eigenvalue weighted by molar-refractivity contribution is 7.13. The maximum Gasteiger partial charge on any atom is 0.255 e. The topological polar surface area (TPSA) is 199 Å². The molecule has 1 aliphatic carbocycles. The van der Waals surface area contributed by atoms with Gasteiger partial charge in [0.2, 0.25) is 23.6 Å². The zero-order valence-electron chi connectivity index (χ0n) is 37.0. The number of hydrogen-bond donors (Lipinski definition) is 4. The largest absolute Gasteiger partial charge is 0.487 e. The van der Waals surface area contributed by atoms with E-state index in [1.165, 1.54) is 22.3 Å². The number of imide groups is 1. The number of pyridine rings is 1. The fraction of sp³-hybridized carbons (Fsp3) is 0.468. The SMILES string of the molecule is Cl.O=C1CCC(N2Cc3c(NC(=O)CCOCCOCCOCCCCCNC(=O)C4(Cc5cccc(Nc6nccs6)n5)CCC(Oc5cccc(Cl)c5F)CC4)cccc3C2=O)C(=O)N1. The van der Waals surface area contributed by atoms with Crippen molar-refractivity contribution in [3.8, 4) is 5.75 Å². The molecule has 4 heterocycles. The standard InChI is InChI=1S/C47H55ClFN7O9S.ClH/c48-35-9-6-11-38(42(35)49)65-32-15-18-47(19-16-32,29-31-7-4-12-39(52-31)54-46-51-21-28-66-46)45(61)50-20-2-1-3-22-62-24-26-64-27-25-63-23-17-41(58)53-36-10-5-8-33-34(36)30-56(44(33)60)37-13-14-40(57)55-43(37)59;/h4-12,21,28,32,37H,1-3,13-20,22-27,29-30H2,(H,50,61)(H,53,58)(H,51,52,54)(H,55,57,59);1H. The summed E-state index contributed by atoms with van der Waals surface area (Å²) in [5, 5.41) is 14.2. The van der Waals surface area contributed by atoms with Gasteiger partial charge in [0.15, 0.2) is 16.7 Å². The van der Waals surface area contributed by atoms with Crippen LogP contribution in [-0.2, 0) is 46.4 Å². The first-order valence-corrected chi connectivity index (χ1v) is 23.7. The summed E-state index contributed by atoms with van der Waals surface area (Å²) in [5.41, 5.74) is 1.65. The number of anilines is 3. The van der Waals surface area contributed by atoms with Gasteiger partial charge in [-0.3, -0.25) is 29.3 Å². The van der Waals surface area contributed by atoms with Crippen LogP contribution in [0.3, 0.4) is 0 Å². The van der Waals surface area contributed by atoms with Crippen LogP contribution >= 0.6 is 35.3 Å². The molecule has 1 saturated heterocycles. The molecule has 16 nitrogen and oxygen atoms in total. The minimum absolute atomic E-state index is 0. The fourth-order valence-electron chi connectivity index (χ4n) is 8.41. The predicted octanol–water partition coefficient (Wildman–Crippen LogP) is 7.17. The van der Waals surface area contributed by atoms with Crippen LogP contribution in [0.1, 0.15) is 85.8 Å². The van der Waals surface area contributed by atoms with Gasteiger partial charge >= 0.3 is 0 Å². The van der Waals surface area contributed by atoms with Gasteiger partial charge in [-0.25, -0.2) is 14.4 Å². The average molecular weight is 985 g/mol. The molecule has 0 spiro atoms. The number of aromatic nitrogens is 2. The molecule has 67 heavy (non-hydrogen) atoms. The molecule has 0 bridgehead atoms. The monoisotopic (exact) mass is 983 g/mol. The average Bonchev–Trinajstić information content (AvgIpc) is 3.95. The Kier molecular flexibility index (Phi) is 19.3. The number of rotatable bonds is 24. The van der Waals surface area contributed by atoms with E-state index in [1.54, 1.807) is 36.5 Å². The summed E-state index contributed by atoms with van der Waals surface area (Å²) in [7, 11) is 0. The van der Waals surface area contributed by atoms with Crippen molar-refractivity contribution in [1.29, 1.82) is 0 Å². The van der Waals surface area contributed by atoms with E-state index >= 15 is 0 Å². The third-order valence-electron chi connectivity index (χ3n) is 11.9.